The standard InChI is InChI=1S/C20H27N3O2/c1-13-15(3)22(4)18-9-8-16(12-17(13)18)19(24)21-14(2)20(25)23-10-6-5-7-11-23/h8-9,12,14H,5-7,10-11H2,1-4H3,(H,21,24). The first kappa shape index (κ1) is 17.5. The Morgan fingerprint density at radius 3 is 2.48 bits per heavy atom. The van der Waals surface area contributed by atoms with E-state index in [9.17, 15) is 9.59 Å². The molecule has 0 aliphatic carbocycles. The van der Waals surface area contributed by atoms with Gasteiger partial charge in [-0.25, -0.2) is 0 Å². The number of aryl methyl sites for hydroxylation is 2. The van der Waals surface area contributed by atoms with E-state index in [2.05, 4.69) is 23.7 Å². The maximum absolute atomic E-state index is 12.6. The van der Waals surface area contributed by atoms with Crippen molar-refractivity contribution in [3.8, 4) is 0 Å². The summed E-state index contributed by atoms with van der Waals surface area (Å²) in [7, 11) is 2.03. The van der Waals surface area contributed by atoms with Crippen LogP contribution in [0.25, 0.3) is 10.9 Å². The number of nitrogens with one attached hydrogen (secondary N) is 1. The van der Waals surface area contributed by atoms with Crippen LogP contribution in [-0.4, -0.2) is 40.4 Å². The molecule has 0 spiro atoms. The van der Waals surface area contributed by atoms with Crippen LogP contribution in [0.15, 0.2) is 18.2 Å². The van der Waals surface area contributed by atoms with Crippen molar-refractivity contribution in [1.29, 1.82) is 0 Å². The second kappa shape index (κ2) is 6.90. The molecule has 134 valence electrons. The highest BCUT2D eigenvalue weighted by Gasteiger charge is 2.24. The number of carbonyl (C=O) groups excluding carboxylic acids is 2. The zero-order chi connectivity index (χ0) is 18.1. The lowest BCUT2D eigenvalue weighted by atomic mass is 10.1. The summed E-state index contributed by atoms with van der Waals surface area (Å²) >= 11 is 0. The Morgan fingerprint density at radius 2 is 1.80 bits per heavy atom. The summed E-state index contributed by atoms with van der Waals surface area (Å²) in [4.78, 5) is 27.0. The molecular weight excluding hydrogens is 314 g/mol. The van der Waals surface area contributed by atoms with Gasteiger partial charge in [-0.15, -0.1) is 0 Å². The summed E-state index contributed by atoms with van der Waals surface area (Å²) in [5.41, 5.74) is 4.09. The minimum absolute atomic E-state index is 0.0147. The van der Waals surface area contributed by atoms with Gasteiger partial charge in [-0.05, 0) is 63.8 Å². The highest BCUT2D eigenvalue weighted by Crippen LogP contribution is 2.25. The van der Waals surface area contributed by atoms with E-state index in [4.69, 9.17) is 0 Å². The van der Waals surface area contributed by atoms with Crippen LogP contribution in [0.3, 0.4) is 0 Å². The smallest absolute Gasteiger partial charge is 0.251 e. The highest BCUT2D eigenvalue weighted by atomic mass is 16.2. The molecule has 0 saturated carbocycles. The van der Waals surface area contributed by atoms with E-state index >= 15 is 0 Å². The lowest BCUT2D eigenvalue weighted by molar-refractivity contribution is -0.133. The van der Waals surface area contributed by atoms with Crippen molar-refractivity contribution >= 4 is 22.7 Å². The molecule has 0 radical (unpaired) electrons. The number of nitrogens with zero attached hydrogens (tertiary/aromatic N) is 2. The number of likely N-dealkylation sites (tertiary alicyclic amines) is 1. The van der Waals surface area contributed by atoms with Crippen LogP contribution in [0.5, 0.6) is 0 Å². The lowest BCUT2D eigenvalue weighted by Crippen LogP contribution is -2.48. The number of hydrogen-bond donors (Lipinski definition) is 1. The second-order valence-corrected chi connectivity index (χ2v) is 7.08. The van der Waals surface area contributed by atoms with Crippen LogP contribution in [-0.2, 0) is 11.8 Å². The van der Waals surface area contributed by atoms with Crippen LogP contribution >= 0.6 is 0 Å². The van der Waals surface area contributed by atoms with E-state index in [1.54, 1.807) is 6.92 Å². The molecule has 2 amide bonds. The van der Waals surface area contributed by atoms with Gasteiger partial charge in [-0.1, -0.05) is 0 Å². The summed E-state index contributed by atoms with van der Waals surface area (Å²) in [6.07, 6.45) is 3.28. The van der Waals surface area contributed by atoms with Gasteiger partial charge in [-0.3, -0.25) is 9.59 Å². The van der Waals surface area contributed by atoms with Gasteiger partial charge in [0.2, 0.25) is 5.91 Å². The third kappa shape index (κ3) is 3.28. The number of amides is 2. The van der Waals surface area contributed by atoms with Crippen molar-refractivity contribution in [2.24, 2.45) is 7.05 Å². The van der Waals surface area contributed by atoms with Crippen molar-refractivity contribution < 1.29 is 9.59 Å². The molecule has 25 heavy (non-hydrogen) atoms. The molecule has 2 aromatic rings. The van der Waals surface area contributed by atoms with Gasteiger partial charge in [-0.2, -0.15) is 0 Å². The molecule has 5 heteroatoms. The van der Waals surface area contributed by atoms with Crippen LogP contribution in [0.1, 0.15) is 47.8 Å². The van der Waals surface area contributed by atoms with Crippen molar-refractivity contribution in [3.05, 3.63) is 35.0 Å². The van der Waals surface area contributed by atoms with Crippen LogP contribution in [0.4, 0.5) is 0 Å². The first-order valence-electron chi connectivity index (χ1n) is 9.05. The predicted molar refractivity (Wildman–Crippen MR) is 99.8 cm³/mol. The summed E-state index contributed by atoms with van der Waals surface area (Å²) in [6, 6.07) is 5.22. The second-order valence-electron chi connectivity index (χ2n) is 7.08. The minimum Gasteiger partial charge on any atom is -0.348 e. The summed E-state index contributed by atoms with van der Waals surface area (Å²) in [5, 5.41) is 3.95. The third-order valence-corrected chi connectivity index (χ3v) is 5.46. The van der Waals surface area contributed by atoms with Crippen molar-refractivity contribution in [1.82, 2.24) is 14.8 Å². The summed E-state index contributed by atoms with van der Waals surface area (Å²) in [6.45, 7) is 7.52. The molecule has 5 nitrogen and oxygen atoms in total. The molecule has 3 rings (SSSR count). The Balaban J connectivity index is 1.75. The van der Waals surface area contributed by atoms with E-state index < -0.39 is 6.04 Å². The average molecular weight is 341 g/mol. The lowest BCUT2D eigenvalue weighted by Gasteiger charge is -2.29. The normalized spacial score (nSPS) is 16.1. The molecule has 1 unspecified atom stereocenters. The van der Waals surface area contributed by atoms with Gasteiger partial charge in [0.05, 0.1) is 0 Å². The Morgan fingerprint density at radius 1 is 1.12 bits per heavy atom. The topological polar surface area (TPSA) is 54.3 Å². The fourth-order valence-corrected chi connectivity index (χ4v) is 3.63. The molecule has 1 aromatic carbocycles. The van der Waals surface area contributed by atoms with Crippen LogP contribution < -0.4 is 5.32 Å². The zero-order valence-electron chi connectivity index (χ0n) is 15.6. The van der Waals surface area contributed by atoms with Crippen LogP contribution in [0.2, 0.25) is 0 Å². The van der Waals surface area contributed by atoms with E-state index in [-0.39, 0.29) is 11.8 Å². The number of rotatable bonds is 3. The Labute approximate surface area is 149 Å². The minimum atomic E-state index is -0.500. The SMILES string of the molecule is Cc1c(C)n(C)c2ccc(C(=O)NC(C)C(=O)N3CCCCC3)cc12. The molecule has 1 fully saturated rings. The van der Waals surface area contributed by atoms with Crippen molar-refractivity contribution in [2.75, 3.05) is 13.1 Å². The predicted octanol–water partition coefficient (Wildman–Crippen LogP) is 2.93. The largest absolute Gasteiger partial charge is 0.348 e. The van der Waals surface area contributed by atoms with Gasteiger partial charge in [0, 0.05) is 42.3 Å². The number of benzene rings is 1. The molecular formula is C20H27N3O2. The van der Waals surface area contributed by atoms with E-state index in [1.807, 2.05) is 30.1 Å². The molecule has 1 aliphatic rings. The molecule has 1 N–H and O–H groups in total. The fourth-order valence-electron chi connectivity index (χ4n) is 3.63. The van der Waals surface area contributed by atoms with Gasteiger partial charge < -0.3 is 14.8 Å². The maximum Gasteiger partial charge on any atom is 0.251 e. The van der Waals surface area contributed by atoms with E-state index in [0.717, 1.165) is 36.8 Å². The fraction of sp³-hybridized carbons (Fsp3) is 0.500. The van der Waals surface area contributed by atoms with Crippen molar-refractivity contribution in [2.45, 2.75) is 46.1 Å². The number of fused-ring (bicyclic) bond motifs is 1. The summed E-state index contributed by atoms with van der Waals surface area (Å²) < 4.78 is 2.13. The maximum atomic E-state index is 12.6. The molecule has 1 atom stereocenters. The first-order valence-corrected chi connectivity index (χ1v) is 9.05. The number of carbonyl (C=O) groups is 2. The Kier molecular flexibility index (Phi) is 4.84. The van der Waals surface area contributed by atoms with Crippen molar-refractivity contribution in [3.63, 3.8) is 0 Å². The van der Waals surface area contributed by atoms with Gasteiger partial charge in [0.15, 0.2) is 0 Å². The van der Waals surface area contributed by atoms with Crippen LogP contribution in [0, 0.1) is 13.8 Å². The van der Waals surface area contributed by atoms with Gasteiger partial charge >= 0.3 is 0 Å². The molecule has 2 heterocycles. The number of piperidine rings is 1. The number of hydrogen-bond acceptors (Lipinski definition) is 2. The summed E-state index contributed by atoms with van der Waals surface area (Å²) in [5.74, 6) is -0.179. The molecule has 0 bridgehead atoms. The van der Waals surface area contributed by atoms with E-state index in [1.165, 1.54) is 17.7 Å². The molecule has 1 aliphatic heterocycles. The van der Waals surface area contributed by atoms with Gasteiger partial charge in [0.1, 0.15) is 6.04 Å². The highest BCUT2D eigenvalue weighted by molar-refractivity contribution is 6.01. The zero-order valence-corrected chi connectivity index (χ0v) is 15.6. The van der Waals surface area contributed by atoms with Gasteiger partial charge in [0.25, 0.3) is 5.91 Å². The Bertz CT molecular complexity index is 816. The average Bonchev–Trinajstić information content (AvgIpc) is 2.85. The third-order valence-electron chi connectivity index (χ3n) is 5.46. The number of aromatic nitrogens is 1. The molecule has 1 aromatic heterocycles. The quantitative estimate of drug-likeness (QED) is 0.933. The van der Waals surface area contributed by atoms with E-state index in [0.29, 0.717) is 5.56 Å². The molecule has 1 saturated heterocycles. The first-order chi connectivity index (χ1) is 11.9. The monoisotopic (exact) mass is 341 g/mol. The Hall–Kier alpha value is -2.30.